The Bertz CT molecular complexity index is 1370. The molecule has 266 valence electrons. The van der Waals surface area contributed by atoms with E-state index in [1.54, 1.807) is 0 Å². The zero-order valence-corrected chi connectivity index (χ0v) is 30.1. The van der Waals surface area contributed by atoms with Gasteiger partial charge in [-0.3, -0.25) is 8.37 Å². The van der Waals surface area contributed by atoms with Crippen LogP contribution in [0.3, 0.4) is 0 Å². The monoisotopic (exact) mass is 690 g/mol. The molecule has 6 aliphatic rings. The molecule has 2 aliphatic heterocycles. The Labute approximate surface area is 276 Å². The molecule has 11 nitrogen and oxygen atoms in total. The van der Waals surface area contributed by atoms with Crippen LogP contribution < -0.4 is 0 Å². The van der Waals surface area contributed by atoms with Gasteiger partial charge >= 0.3 is 0 Å². The van der Waals surface area contributed by atoms with E-state index < -0.39 is 50.0 Å². The Morgan fingerprint density at radius 1 is 0.870 bits per heavy atom. The summed E-state index contributed by atoms with van der Waals surface area (Å²) >= 11 is 0. The SMILES string of the molecule is CCCC12O[C@H]3C[C@H]4C5CC[C@H]6C[C@H](OS(=O)(=O)[O-])[C@@H](OS(=O)(=O)[O-])C[C@]6(C)C5CC[C@]4(C)C3[C@](C)(O1)[C@@H](CC(CC)C(C)C)O2. The first-order valence-electron chi connectivity index (χ1n) is 17.6. The van der Waals surface area contributed by atoms with Crippen LogP contribution in [-0.2, 0) is 43.4 Å². The van der Waals surface area contributed by atoms with Gasteiger partial charge in [-0.25, -0.2) is 16.8 Å². The average Bonchev–Trinajstić information content (AvgIpc) is 3.33. The van der Waals surface area contributed by atoms with E-state index in [0.29, 0.717) is 30.1 Å². The summed E-state index contributed by atoms with van der Waals surface area (Å²) in [6.45, 7) is 15.8. The summed E-state index contributed by atoms with van der Waals surface area (Å²) in [5.41, 5.74) is -0.960. The minimum Gasteiger partial charge on any atom is -0.726 e. The molecular weight excluding hydrogens is 636 g/mol. The second kappa shape index (κ2) is 11.9. The van der Waals surface area contributed by atoms with E-state index in [4.69, 9.17) is 22.6 Å². The summed E-state index contributed by atoms with van der Waals surface area (Å²) in [5, 5.41) is 0. The third-order valence-corrected chi connectivity index (χ3v) is 14.9. The minimum absolute atomic E-state index is 0.00166. The molecule has 2 saturated heterocycles. The molecule has 46 heavy (non-hydrogen) atoms. The number of hydrogen-bond donors (Lipinski definition) is 0. The predicted octanol–water partition coefficient (Wildman–Crippen LogP) is 5.66. The molecule has 0 aromatic heterocycles. The molecule has 2 heterocycles. The van der Waals surface area contributed by atoms with Gasteiger partial charge in [-0.1, -0.05) is 48.0 Å². The Morgan fingerprint density at radius 3 is 2.15 bits per heavy atom. The first-order valence-corrected chi connectivity index (χ1v) is 20.3. The minimum atomic E-state index is -5.16. The zero-order valence-electron chi connectivity index (χ0n) is 28.4. The number of rotatable bonds is 10. The fraction of sp³-hybridized carbons (Fsp3) is 1.00. The molecule has 0 amide bonds. The van der Waals surface area contributed by atoms with Gasteiger partial charge in [-0.2, -0.15) is 0 Å². The van der Waals surface area contributed by atoms with E-state index >= 15 is 0 Å². The molecule has 0 aromatic rings. The van der Waals surface area contributed by atoms with Gasteiger partial charge in [0.25, 0.3) is 5.97 Å². The average molecular weight is 691 g/mol. The predicted molar refractivity (Wildman–Crippen MR) is 165 cm³/mol. The van der Waals surface area contributed by atoms with Gasteiger partial charge in [0.2, 0.25) is 20.8 Å². The van der Waals surface area contributed by atoms with Crippen molar-refractivity contribution in [1.82, 2.24) is 0 Å². The van der Waals surface area contributed by atoms with E-state index in [1.165, 1.54) is 0 Å². The van der Waals surface area contributed by atoms with Crippen LogP contribution in [0.2, 0.25) is 0 Å². The fourth-order valence-electron chi connectivity index (χ4n) is 12.1. The molecule has 0 aromatic carbocycles. The van der Waals surface area contributed by atoms with Crippen molar-refractivity contribution in [3.05, 3.63) is 0 Å². The van der Waals surface area contributed by atoms with E-state index in [-0.39, 0.29) is 48.2 Å². The number of hydrogen-bond acceptors (Lipinski definition) is 11. The lowest BCUT2D eigenvalue weighted by Gasteiger charge is -2.62. The Balaban J connectivity index is 1.30. The van der Waals surface area contributed by atoms with Gasteiger partial charge in [-0.05, 0) is 111 Å². The van der Waals surface area contributed by atoms with Gasteiger partial charge in [-0.15, -0.1) is 0 Å². The van der Waals surface area contributed by atoms with Crippen molar-refractivity contribution in [1.29, 1.82) is 0 Å². The summed E-state index contributed by atoms with van der Waals surface area (Å²) in [6.07, 6.45) is 5.63. The fourth-order valence-corrected chi connectivity index (χ4v) is 13.1. The molecule has 0 spiro atoms. The first kappa shape index (κ1) is 35.4. The highest BCUT2D eigenvalue weighted by Gasteiger charge is 2.74. The van der Waals surface area contributed by atoms with Crippen LogP contribution in [0.15, 0.2) is 0 Å². The van der Waals surface area contributed by atoms with Gasteiger partial charge in [0.1, 0.15) is 17.8 Å². The lowest BCUT2D eigenvalue weighted by Crippen LogP contribution is -2.61. The summed E-state index contributed by atoms with van der Waals surface area (Å²) < 4.78 is 100. The molecule has 14 atom stereocenters. The van der Waals surface area contributed by atoms with Crippen molar-refractivity contribution in [2.24, 2.45) is 52.3 Å². The summed E-state index contributed by atoms with van der Waals surface area (Å²) in [6, 6.07) is 0. The molecule has 6 rings (SSSR count). The van der Waals surface area contributed by atoms with Gasteiger partial charge in [0.15, 0.2) is 0 Å². The van der Waals surface area contributed by atoms with E-state index in [9.17, 15) is 25.9 Å². The molecule has 4 aliphatic carbocycles. The quantitative estimate of drug-likeness (QED) is 0.206. The zero-order chi connectivity index (χ0) is 33.7. The lowest BCUT2D eigenvalue weighted by molar-refractivity contribution is -0.403. The van der Waals surface area contributed by atoms with E-state index in [2.05, 4.69) is 48.5 Å². The molecule has 6 fully saturated rings. The molecule has 2 bridgehead atoms. The molecule has 13 heteroatoms. The van der Waals surface area contributed by atoms with Crippen molar-refractivity contribution >= 4 is 20.8 Å². The molecule has 0 N–H and O–H groups in total. The van der Waals surface area contributed by atoms with Gasteiger partial charge in [0, 0.05) is 12.3 Å². The summed E-state index contributed by atoms with van der Waals surface area (Å²) in [7, 11) is -10.3. The third kappa shape index (κ3) is 5.93. The molecule has 0 radical (unpaired) electrons. The second-order valence-corrected chi connectivity index (χ2v) is 18.6. The van der Waals surface area contributed by atoms with Crippen LogP contribution in [0.4, 0.5) is 0 Å². The van der Waals surface area contributed by atoms with Crippen LogP contribution >= 0.6 is 0 Å². The van der Waals surface area contributed by atoms with Gasteiger partial charge in [0.05, 0.1) is 12.2 Å². The molecule has 5 unspecified atom stereocenters. The van der Waals surface area contributed by atoms with E-state index in [0.717, 1.165) is 51.4 Å². The van der Waals surface area contributed by atoms with Crippen LogP contribution in [0, 0.1) is 52.3 Å². The Morgan fingerprint density at radius 2 is 1.54 bits per heavy atom. The van der Waals surface area contributed by atoms with Crippen LogP contribution in [-0.4, -0.2) is 61.9 Å². The second-order valence-electron chi connectivity index (χ2n) is 16.6. The van der Waals surface area contributed by atoms with Crippen molar-refractivity contribution in [2.45, 2.75) is 155 Å². The highest BCUT2D eigenvalue weighted by atomic mass is 32.3. The van der Waals surface area contributed by atoms with Crippen LogP contribution in [0.25, 0.3) is 0 Å². The van der Waals surface area contributed by atoms with Crippen LogP contribution in [0.1, 0.15) is 119 Å². The van der Waals surface area contributed by atoms with Crippen LogP contribution in [0.5, 0.6) is 0 Å². The van der Waals surface area contributed by atoms with Crippen molar-refractivity contribution in [3.8, 4) is 0 Å². The first-order chi connectivity index (χ1) is 21.3. The normalized spacial score (nSPS) is 49.2. The smallest absolute Gasteiger partial charge is 0.284 e. The summed E-state index contributed by atoms with van der Waals surface area (Å²) in [5.74, 6) is 1.09. The standard InChI is InChI=1S/C33H56O11S2/c1-8-13-33-40-26-17-24-22-11-10-21-16-25(42-45(34,35)36)27(43-46(37,38)39)18-31(21,6)23(22)12-14-30(24,5)29(26)32(7,44-33)28(41-33)15-20(9-2)19(3)4/h19-29H,8-18H2,1-7H3,(H,34,35,36)(H,37,38,39)/p-2/t20?,21-,22?,23?,24-,25-,26-,27-,28+,29?,30-,31-,32+,33?/m0/s1. The molecular formula is C33H54O11S2-2. The maximum atomic E-state index is 11.7. The van der Waals surface area contributed by atoms with E-state index in [1.807, 2.05) is 0 Å². The Hall–Kier alpha value is -0.380. The third-order valence-electron chi connectivity index (χ3n) is 14.0. The highest BCUT2D eigenvalue weighted by molar-refractivity contribution is 7.81. The molecule has 4 saturated carbocycles. The number of ether oxygens (including phenoxy) is 3. The van der Waals surface area contributed by atoms with Crippen molar-refractivity contribution < 1.29 is 48.5 Å². The lowest BCUT2D eigenvalue weighted by atomic mass is 9.44. The maximum Gasteiger partial charge on any atom is 0.284 e. The highest BCUT2D eigenvalue weighted by Crippen LogP contribution is 2.72. The van der Waals surface area contributed by atoms with Gasteiger partial charge < -0.3 is 23.3 Å². The Kier molecular flexibility index (Phi) is 9.14. The van der Waals surface area contributed by atoms with Crippen molar-refractivity contribution in [3.63, 3.8) is 0 Å². The topological polar surface area (TPSA) is 161 Å². The summed E-state index contributed by atoms with van der Waals surface area (Å²) in [4.78, 5) is 0. The largest absolute Gasteiger partial charge is 0.726 e. The number of fused-ring (bicyclic) bond motifs is 10. The maximum absolute atomic E-state index is 11.7. The van der Waals surface area contributed by atoms with Crippen molar-refractivity contribution in [2.75, 3.05) is 0 Å².